The van der Waals surface area contributed by atoms with Crippen molar-refractivity contribution in [1.82, 2.24) is 15.5 Å². The molecule has 0 saturated carbocycles. The number of alkyl carbamates (subject to hydrolysis) is 1. The van der Waals surface area contributed by atoms with Gasteiger partial charge >= 0.3 is 21.3 Å². The van der Waals surface area contributed by atoms with Gasteiger partial charge in [-0.2, -0.15) is 0 Å². The van der Waals surface area contributed by atoms with Crippen molar-refractivity contribution in [3.63, 3.8) is 0 Å². The third-order valence-electron chi connectivity index (χ3n) is 4.62. The van der Waals surface area contributed by atoms with Gasteiger partial charge in [0.1, 0.15) is 18.2 Å². The van der Waals surface area contributed by atoms with E-state index < -0.39 is 26.9 Å². The Balaban J connectivity index is 2.68. The van der Waals surface area contributed by atoms with Crippen LogP contribution in [0.25, 0.3) is 0 Å². The zero-order valence-electron chi connectivity index (χ0n) is 21.4. The highest BCUT2D eigenvalue weighted by Crippen LogP contribution is 2.51. The van der Waals surface area contributed by atoms with Crippen LogP contribution in [0.5, 0.6) is 0 Å². The van der Waals surface area contributed by atoms with Crippen LogP contribution in [0.4, 0.5) is 4.79 Å². The fourth-order valence-electron chi connectivity index (χ4n) is 2.75. The van der Waals surface area contributed by atoms with Crippen molar-refractivity contribution < 1.29 is 41.6 Å². The summed E-state index contributed by atoms with van der Waals surface area (Å²) < 4.78 is 50.2. The number of carbonyl (C=O) groups is 2. The summed E-state index contributed by atoms with van der Waals surface area (Å²) in [4.78, 5) is 25.8. The second kappa shape index (κ2) is 14.1. The van der Waals surface area contributed by atoms with Crippen molar-refractivity contribution in [2.24, 2.45) is 0 Å². The fraction of sp³-hybridized carbons (Fsp3) is 0.619. The highest BCUT2D eigenvalue weighted by molar-refractivity contribution is 7.54. The molecule has 0 fully saturated rings. The second-order valence-corrected chi connectivity index (χ2v) is 12.9. The molecule has 0 radical (unpaired) electrons. The lowest BCUT2D eigenvalue weighted by atomic mass is 10.1. The first-order valence-corrected chi connectivity index (χ1v) is 14.2. The van der Waals surface area contributed by atoms with Crippen LogP contribution in [0.2, 0.25) is 0 Å². The molecule has 12 nitrogen and oxygen atoms in total. The van der Waals surface area contributed by atoms with Gasteiger partial charge in [0.2, 0.25) is 0 Å². The number of hydrogen-bond donors (Lipinski definition) is 2. The minimum Gasteiger partial charge on any atom is -0.444 e. The molecule has 1 rings (SSSR count). The van der Waals surface area contributed by atoms with Crippen molar-refractivity contribution in [2.75, 3.05) is 54.1 Å². The fourth-order valence-corrected chi connectivity index (χ4v) is 5.13. The lowest BCUT2D eigenvalue weighted by Crippen LogP contribution is -2.36. The average molecular weight is 537 g/mol. The van der Waals surface area contributed by atoms with Crippen LogP contribution in [0.3, 0.4) is 0 Å². The van der Waals surface area contributed by atoms with Crippen LogP contribution < -0.4 is 10.6 Å². The van der Waals surface area contributed by atoms with Gasteiger partial charge in [0.25, 0.3) is 5.91 Å². The molecule has 0 aliphatic carbocycles. The van der Waals surface area contributed by atoms with Gasteiger partial charge in [-0.3, -0.25) is 18.8 Å². The van der Waals surface area contributed by atoms with E-state index in [-0.39, 0.29) is 38.1 Å². The zero-order valence-corrected chi connectivity index (χ0v) is 23.1. The van der Waals surface area contributed by atoms with Crippen molar-refractivity contribution in [3.8, 4) is 0 Å². The van der Waals surface area contributed by atoms with Gasteiger partial charge in [0, 0.05) is 53.6 Å². The van der Waals surface area contributed by atoms with E-state index in [1.807, 2.05) is 0 Å². The highest BCUT2D eigenvalue weighted by atomic mass is 31.2. The van der Waals surface area contributed by atoms with Crippen LogP contribution in [0, 0.1) is 0 Å². The quantitative estimate of drug-likeness (QED) is 0.338. The van der Waals surface area contributed by atoms with Gasteiger partial charge in [-0.1, -0.05) is 12.1 Å². The lowest BCUT2D eigenvalue weighted by molar-refractivity contribution is 0.0523. The Hall–Kier alpha value is -1.78. The van der Waals surface area contributed by atoms with Gasteiger partial charge in [0.15, 0.2) is 0 Å². The molecule has 0 aromatic heterocycles. The summed E-state index contributed by atoms with van der Waals surface area (Å²) in [5.41, 5.74) is 0.621. The van der Waals surface area contributed by atoms with Crippen LogP contribution >= 0.6 is 15.2 Å². The highest BCUT2D eigenvalue weighted by Gasteiger charge is 2.31. The van der Waals surface area contributed by atoms with Gasteiger partial charge in [-0.05, 0) is 38.5 Å². The van der Waals surface area contributed by atoms with E-state index >= 15 is 0 Å². The molecule has 0 saturated heterocycles. The van der Waals surface area contributed by atoms with E-state index in [9.17, 15) is 18.7 Å². The summed E-state index contributed by atoms with van der Waals surface area (Å²) in [5.74, 6) is -0.333. The first-order valence-electron chi connectivity index (χ1n) is 10.8. The van der Waals surface area contributed by atoms with E-state index in [1.165, 1.54) is 33.3 Å². The molecule has 1 aromatic carbocycles. The number of nitrogens with zero attached hydrogens (tertiary/aromatic N) is 1. The smallest absolute Gasteiger partial charge is 0.407 e. The molecule has 2 N–H and O–H groups in total. The van der Waals surface area contributed by atoms with E-state index in [4.69, 9.17) is 22.8 Å². The predicted octanol–water partition coefficient (Wildman–Crippen LogP) is 3.63. The Kier molecular flexibility index (Phi) is 12.6. The average Bonchev–Trinajstić information content (AvgIpc) is 2.81. The Morgan fingerprint density at radius 2 is 1.34 bits per heavy atom. The molecule has 0 aliphatic rings. The number of benzene rings is 1. The largest absolute Gasteiger partial charge is 0.444 e. The minimum atomic E-state index is -3.46. The van der Waals surface area contributed by atoms with Crippen molar-refractivity contribution in [3.05, 3.63) is 35.4 Å². The Morgan fingerprint density at radius 1 is 0.857 bits per heavy atom. The number of rotatable bonds is 14. The van der Waals surface area contributed by atoms with Crippen LogP contribution in [0.15, 0.2) is 24.3 Å². The number of amides is 2. The number of ether oxygens (including phenoxy) is 1. The maximum Gasteiger partial charge on any atom is 0.407 e. The van der Waals surface area contributed by atoms with Gasteiger partial charge in [-0.25, -0.2) is 4.79 Å². The first-order chi connectivity index (χ1) is 16.3. The Morgan fingerprint density at radius 3 is 1.77 bits per heavy atom. The van der Waals surface area contributed by atoms with Crippen LogP contribution in [-0.4, -0.2) is 76.6 Å². The number of nitrogens with one attached hydrogen (secondary N) is 2. The molecule has 2 amide bonds. The second-order valence-electron chi connectivity index (χ2n) is 8.44. The standard InChI is InChI=1S/C21H37N3O9P2/c1-21(2,3)33-20(26)23-14-17-8-10-18(11-9-17)19(25)22-12-13-24(15-34(27,29-4)30-5)16-35(28,31-6)32-7/h8-11H,12-16H2,1-7H3,(H,22,25)(H,23,26). The predicted molar refractivity (Wildman–Crippen MR) is 132 cm³/mol. The SMILES string of the molecule is COP(=O)(CN(CCNC(=O)c1ccc(CNC(=O)OC(C)(C)C)cc1)CP(=O)(OC)OC)OC. The summed E-state index contributed by atoms with van der Waals surface area (Å²) >= 11 is 0. The molecule has 35 heavy (non-hydrogen) atoms. The van der Waals surface area contributed by atoms with Crippen LogP contribution in [-0.2, 0) is 38.5 Å². The van der Waals surface area contributed by atoms with E-state index in [0.717, 1.165) is 5.56 Å². The van der Waals surface area contributed by atoms with E-state index in [2.05, 4.69) is 10.6 Å². The van der Waals surface area contributed by atoms with Gasteiger partial charge in [-0.15, -0.1) is 0 Å². The lowest BCUT2D eigenvalue weighted by Gasteiger charge is -2.27. The summed E-state index contributed by atoms with van der Waals surface area (Å²) in [5, 5.41) is 5.41. The maximum atomic E-state index is 12.6. The molecule has 0 atom stereocenters. The van der Waals surface area contributed by atoms with Gasteiger partial charge in [0.05, 0.1) is 0 Å². The molecular weight excluding hydrogens is 500 g/mol. The third kappa shape index (κ3) is 11.7. The first kappa shape index (κ1) is 31.3. The Bertz CT molecular complexity index is 876. The van der Waals surface area contributed by atoms with E-state index in [1.54, 1.807) is 45.0 Å². The topological polar surface area (TPSA) is 142 Å². The summed E-state index contributed by atoms with van der Waals surface area (Å²) in [6.07, 6.45) is -0.875. The summed E-state index contributed by atoms with van der Waals surface area (Å²) in [6.45, 7) is 5.92. The molecule has 0 bridgehead atoms. The number of carbonyl (C=O) groups excluding carboxylic acids is 2. The van der Waals surface area contributed by atoms with Crippen molar-refractivity contribution in [2.45, 2.75) is 32.9 Å². The summed E-state index contributed by atoms with van der Waals surface area (Å²) in [6, 6.07) is 6.71. The molecule has 0 aliphatic heterocycles. The monoisotopic (exact) mass is 537 g/mol. The molecule has 0 heterocycles. The van der Waals surface area contributed by atoms with Crippen molar-refractivity contribution >= 4 is 27.2 Å². The Labute approximate surface area is 207 Å². The summed E-state index contributed by atoms with van der Waals surface area (Å²) in [7, 11) is -1.90. The molecule has 14 heteroatoms. The van der Waals surface area contributed by atoms with E-state index in [0.29, 0.717) is 5.56 Å². The molecule has 1 aromatic rings. The normalized spacial score (nSPS) is 12.5. The molecular formula is C21H37N3O9P2. The third-order valence-corrected chi connectivity index (χ3v) is 8.34. The number of hydrogen-bond acceptors (Lipinski definition) is 10. The molecule has 200 valence electrons. The molecule has 0 unspecified atom stereocenters. The van der Waals surface area contributed by atoms with Crippen molar-refractivity contribution in [1.29, 1.82) is 0 Å². The van der Waals surface area contributed by atoms with Gasteiger partial charge < -0.3 is 33.5 Å². The zero-order chi connectivity index (χ0) is 26.7. The molecule has 0 spiro atoms. The maximum absolute atomic E-state index is 12.6. The van der Waals surface area contributed by atoms with Crippen LogP contribution in [0.1, 0.15) is 36.7 Å². The minimum absolute atomic E-state index is 0.154.